The van der Waals surface area contributed by atoms with Crippen molar-refractivity contribution in [3.8, 4) is 23.6 Å². The highest BCUT2D eigenvalue weighted by Gasteiger charge is 2.16. The van der Waals surface area contributed by atoms with E-state index in [9.17, 15) is 15.3 Å². The number of fused-ring (bicyclic) bond motifs is 1. The molecule has 2 aromatic rings. The number of rotatable bonds is 2. The number of hydrogen-bond acceptors (Lipinski definition) is 8. The molecule has 0 aromatic heterocycles. The Balaban J connectivity index is 1.58. The molecule has 0 aliphatic carbocycles. The predicted octanol–water partition coefficient (Wildman–Crippen LogP) is 2.87. The monoisotopic (exact) mass is 451 g/mol. The van der Waals surface area contributed by atoms with Gasteiger partial charge in [0, 0.05) is 25.2 Å². The summed E-state index contributed by atoms with van der Waals surface area (Å²) < 4.78 is 28.0. The van der Waals surface area contributed by atoms with Crippen LogP contribution in [0.4, 0.5) is 4.79 Å². The molecular weight excluding hydrogens is 426 g/mol. The molecule has 0 spiro atoms. The lowest BCUT2D eigenvalue weighted by Crippen LogP contribution is -2.37. The molecule has 0 N–H and O–H groups in total. The smallest absolute Gasteiger partial charge is 0.410 e. The van der Waals surface area contributed by atoms with Gasteiger partial charge in [0.2, 0.25) is 0 Å². The van der Waals surface area contributed by atoms with Crippen molar-refractivity contribution in [1.82, 2.24) is 4.90 Å². The van der Waals surface area contributed by atoms with Crippen molar-refractivity contribution in [3.05, 3.63) is 59.2 Å². The third-order valence-corrected chi connectivity index (χ3v) is 4.77. The van der Waals surface area contributed by atoms with Crippen molar-refractivity contribution in [2.45, 2.75) is 6.61 Å². The van der Waals surface area contributed by atoms with Crippen molar-refractivity contribution in [2.75, 3.05) is 52.7 Å². The summed E-state index contributed by atoms with van der Waals surface area (Å²) in [4.78, 5) is 14.1. The number of amides is 1. The molecule has 0 unspecified atom stereocenters. The van der Waals surface area contributed by atoms with Crippen LogP contribution in [0.1, 0.15) is 16.7 Å². The largest absolute Gasteiger partial charge is 0.487 e. The first kappa shape index (κ1) is 23.9. The highest BCUT2D eigenvalue weighted by atomic mass is 16.6. The van der Waals surface area contributed by atoms with E-state index in [0.29, 0.717) is 37.8 Å². The van der Waals surface area contributed by atoms with Crippen LogP contribution in [0.15, 0.2) is 42.5 Å². The molecule has 33 heavy (non-hydrogen) atoms. The molecule has 0 fully saturated rings. The standard InChI is InChI=1S/C24H25N3O6/c25-16-20-14-22-23(15-21(20)17-26)32-13-11-30-9-7-27(6-8-29-10-12-31-22)24(28)33-18-19-4-2-1-3-5-19/h1-5,14-15H,6-13,18H2. The maximum Gasteiger partial charge on any atom is 0.410 e. The van der Waals surface area contributed by atoms with Crippen molar-refractivity contribution >= 4 is 6.09 Å². The molecule has 0 bridgehead atoms. The number of ether oxygens (including phenoxy) is 5. The highest BCUT2D eigenvalue weighted by molar-refractivity contribution is 5.67. The molecule has 1 aliphatic heterocycles. The third kappa shape index (κ3) is 7.39. The minimum absolute atomic E-state index is 0.188. The van der Waals surface area contributed by atoms with Gasteiger partial charge in [-0.1, -0.05) is 30.3 Å². The number of nitrogens with zero attached hydrogens (tertiary/aromatic N) is 3. The van der Waals surface area contributed by atoms with E-state index >= 15 is 0 Å². The minimum Gasteiger partial charge on any atom is -0.487 e. The topological polar surface area (TPSA) is 114 Å². The second-order valence-corrected chi connectivity index (χ2v) is 7.02. The van der Waals surface area contributed by atoms with Gasteiger partial charge in [-0.3, -0.25) is 0 Å². The molecule has 0 saturated heterocycles. The van der Waals surface area contributed by atoms with Crippen LogP contribution in [0, 0.1) is 22.7 Å². The molecule has 0 atom stereocenters. The molecule has 1 amide bonds. The maximum absolute atomic E-state index is 12.5. The van der Waals surface area contributed by atoms with E-state index in [-0.39, 0.29) is 44.2 Å². The molecule has 1 aliphatic rings. The van der Waals surface area contributed by atoms with E-state index in [1.165, 1.54) is 17.0 Å². The fraction of sp³-hybridized carbons (Fsp3) is 0.375. The number of carbonyl (C=O) groups excluding carboxylic acids is 1. The van der Waals surface area contributed by atoms with E-state index in [0.717, 1.165) is 5.56 Å². The molecular formula is C24H25N3O6. The van der Waals surface area contributed by atoms with Crippen LogP contribution >= 0.6 is 0 Å². The summed E-state index contributed by atoms with van der Waals surface area (Å²) in [6.45, 7) is 2.42. The average Bonchev–Trinajstić information content (AvgIpc) is 2.86. The molecule has 3 rings (SSSR count). The third-order valence-electron chi connectivity index (χ3n) is 4.77. The van der Waals surface area contributed by atoms with Gasteiger partial charge in [0.25, 0.3) is 0 Å². The summed E-state index contributed by atoms with van der Waals surface area (Å²) in [5.74, 6) is 0.713. The van der Waals surface area contributed by atoms with E-state index < -0.39 is 6.09 Å². The van der Waals surface area contributed by atoms with Gasteiger partial charge in [-0.25, -0.2) is 4.79 Å². The number of hydrogen-bond donors (Lipinski definition) is 0. The van der Waals surface area contributed by atoms with Crippen LogP contribution in [-0.2, 0) is 20.8 Å². The summed E-state index contributed by atoms with van der Waals surface area (Å²) >= 11 is 0. The predicted molar refractivity (Wildman–Crippen MR) is 117 cm³/mol. The Kier molecular flexibility index (Phi) is 9.34. The summed E-state index contributed by atoms with van der Waals surface area (Å²) in [5, 5.41) is 18.5. The quantitative estimate of drug-likeness (QED) is 0.685. The van der Waals surface area contributed by atoms with E-state index in [1.54, 1.807) is 0 Å². The first-order valence-corrected chi connectivity index (χ1v) is 10.6. The molecule has 0 radical (unpaired) electrons. The van der Waals surface area contributed by atoms with Crippen LogP contribution in [0.3, 0.4) is 0 Å². The summed E-state index contributed by atoms with van der Waals surface area (Å²) in [5.41, 5.74) is 1.32. The van der Waals surface area contributed by atoms with Gasteiger partial charge in [0.1, 0.15) is 32.0 Å². The zero-order chi connectivity index (χ0) is 23.3. The van der Waals surface area contributed by atoms with Crippen LogP contribution in [-0.4, -0.2) is 63.7 Å². The van der Waals surface area contributed by atoms with Crippen molar-refractivity contribution in [3.63, 3.8) is 0 Å². The second-order valence-electron chi connectivity index (χ2n) is 7.02. The number of carbonyl (C=O) groups is 1. The molecule has 0 saturated carbocycles. The van der Waals surface area contributed by atoms with Gasteiger partial charge in [-0.05, 0) is 5.56 Å². The first-order valence-electron chi connectivity index (χ1n) is 10.6. The lowest BCUT2D eigenvalue weighted by Gasteiger charge is -2.22. The minimum atomic E-state index is -0.441. The van der Waals surface area contributed by atoms with Crippen LogP contribution in [0.25, 0.3) is 0 Å². The fourth-order valence-electron chi connectivity index (χ4n) is 3.05. The highest BCUT2D eigenvalue weighted by Crippen LogP contribution is 2.30. The Morgan fingerprint density at radius 2 is 1.39 bits per heavy atom. The summed E-state index contributed by atoms with van der Waals surface area (Å²) in [7, 11) is 0. The Morgan fingerprint density at radius 3 is 1.91 bits per heavy atom. The van der Waals surface area contributed by atoms with Crippen molar-refractivity contribution in [1.29, 1.82) is 10.5 Å². The van der Waals surface area contributed by atoms with Gasteiger partial charge >= 0.3 is 6.09 Å². The average molecular weight is 451 g/mol. The molecule has 9 nitrogen and oxygen atoms in total. The number of nitriles is 2. The Hall–Kier alpha value is -3.79. The molecule has 9 heteroatoms. The van der Waals surface area contributed by atoms with Gasteiger partial charge in [-0.2, -0.15) is 10.5 Å². The SMILES string of the molecule is N#Cc1cc2c(cc1C#N)OCCOCCN(C(=O)OCc1ccccc1)CCOCCO2. The van der Waals surface area contributed by atoms with Gasteiger partial charge in [0.15, 0.2) is 11.5 Å². The normalized spacial score (nSPS) is 15.3. The Bertz CT molecular complexity index is 947. The van der Waals surface area contributed by atoms with Crippen molar-refractivity contribution in [2.24, 2.45) is 0 Å². The van der Waals surface area contributed by atoms with Gasteiger partial charge in [-0.15, -0.1) is 0 Å². The second kappa shape index (κ2) is 12.9. The molecule has 1 heterocycles. The summed E-state index contributed by atoms with van der Waals surface area (Å²) in [6, 6.07) is 16.4. The fourth-order valence-corrected chi connectivity index (χ4v) is 3.05. The van der Waals surface area contributed by atoms with Crippen LogP contribution in [0.5, 0.6) is 11.5 Å². The number of benzene rings is 2. The molecule has 172 valence electrons. The zero-order valence-corrected chi connectivity index (χ0v) is 18.2. The van der Waals surface area contributed by atoms with Crippen LogP contribution < -0.4 is 9.47 Å². The van der Waals surface area contributed by atoms with E-state index in [1.807, 2.05) is 42.5 Å². The van der Waals surface area contributed by atoms with E-state index in [2.05, 4.69) is 0 Å². The Morgan fingerprint density at radius 1 is 0.848 bits per heavy atom. The molecule has 2 aromatic carbocycles. The van der Waals surface area contributed by atoms with E-state index in [4.69, 9.17) is 23.7 Å². The zero-order valence-electron chi connectivity index (χ0n) is 18.2. The maximum atomic E-state index is 12.5. The Labute approximate surface area is 192 Å². The van der Waals surface area contributed by atoms with Crippen LogP contribution in [0.2, 0.25) is 0 Å². The van der Waals surface area contributed by atoms with Gasteiger partial charge in [0.05, 0.1) is 37.6 Å². The van der Waals surface area contributed by atoms with Gasteiger partial charge < -0.3 is 28.6 Å². The summed E-state index contributed by atoms with van der Waals surface area (Å²) in [6.07, 6.45) is -0.441. The van der Waals surface area contributed by atoms with Crippen molar-refractivity contribution < 1.29 is 28.5 Å². The first-order chi connectivity index (χ1) is 16.2. The lowest BCUT2D eigenvalue weighted by atomic mass is 10.1. The lowest BCUT2D eigenvalue weighted by molar-refractivity contribution is 0.0449.